The predicted octanol–water partition coefficient (Wildman–Crippen LogP) is 3.36. The average molecular weight is 316 g/mol. The van der Waals surface area contributed by atoms with Crippen molar-refractivity contribution in [2.24, 2.45) is 0 Å². The summed E-state index contributed by atoms with van der Waals surface area (Å²) in [5.41, 5.74) is 1.66. The molecule has 2 atom stereocenters. The number of halogens is 2. The predicted molar refractivity (Wildman–Crippen MR) is 86.5 cm³/mol. The summed E-state index contributed by atoms with van der Waals surface area (Å²) in [6.45, 7) is 1.39. The van der Waals surface area contributed by atoms with Gasteiger partial charge in [-0.1, -0.05) is 0 Å². The average Bonchev–Trinajstić information content (AvgIpc) is 2.68. The molecule has 0 amide bonds. The minimum absolute atomic E-state index is 0.110. The zero-order valence-electron chi connectivity index (χ0n) is 12.6. The molecule has 5 heteroatoms. The van der Waals surface area contributed by atoms with Gasteiger partial charge >= 0.3 is 0 Å². The Hall–Kier alpha value is -1.98. The molecule has 2 aromatic carbocycles. The van der Waals surface area contributed by atoms with Crippen LogP contribution in [-0.4, -0.2) is 28.9 Å². The van der Waals surface area contributed by atoms with Crippen molar-refractivity contribution in [1.29, 1.82) is 0 Å². The number of hydrogen-bond acceptors (Lipinski definition) is 2. The fraction of sp³-hybridized carbons (Fsp3) is 0.333. The van der Waals surface area contributed by atoms with E-state index in [1.54, 1.807) is 12.1 Å². The van der Waals surface area contributed by atoms with Gasteiger partial charge in [0.05, 0.1) is 12.1 Å². The fourth-order valence-electron chi connectivity index (χ4n) is 3.67. The lowest BCUT2D eigenvalue weighted by atomic mass is 10.1. The molecular formula is C18H18F2N2O. The molecule has 1 fully saturated rings. The summed E-state index contributed by atoms with van der Waals surface area (Å²) in [6, 6.07) is 9.02. The van der Waals surface area contributed by atoms with Gasteiger partial charge in [0.1, 0.15) is 11.6 Å². The van der Waals surface area contributed by atoms with E-state index in [0.29, 0.717) is 17.3 Å². The molecule has 1 aliphatic rings. The lowest BCUT2D eigenvalue weighted by Crippen LogP contribution is -2.31. The summed E-state index contributed by atoms with van der Waals surface area (Å²) in [5.74, 6) is -0.687. The third kappa shape index (κ3) is 2.40. The molecule has 0 bridgehead atoms. The summed E-state index contributed by atoms with van der Waals surface area (Å²) in [5, 5.41) is 15.1. The molecule has 0 radical (unpaired) electrons. The number of aliphatic hydroxyl groups is 1. The van der Waals surface area contributed by atoms with Crippen LogP contribution < -0.4 is 5.32 Å². The van der Waals surface area contributed by atoms with Crippen LogP contribution in [0.3, 0.4) is 0 Å². The van der Waals surface area contributed by atoms with Crippen LogP contribution in [0, 0.1) is 11.6 Å². The zero-order chi connectivity index (χ0) is 16.0. The molecular weight excluding hydrogens is 298 g/mol. The summed E-state index contributed by atoms with van der Waals surface area (Å²) in [4.78, 5) is 0. The van der Waals surface area contributed by atoms with Gasteiger partial charge < -0.3 is 15.0 Å². The van der Waals surface area contributed by atoms with E-state index in [9.17, 15) is 13.9 Å². The maximum absolute atomic E-state index is 13.7. The maximum atomic E-state index is 13.7. The quantitative estimate of drug-likeness (QED) is 0.722. The minimum atomic E-state index is -0.536. The Morgan fingerprint density at radius 1 is 1.00 bits per heavy atom. The molecule has 1 aliphatic heterocycles. The van der Waals surface area contributed by atoms with Crippen LogP contribution in [0.4, 0.5) is 8.78 Å². The number of benzene rings is 2. The maximum Gasteiger partial charge on any atom is 0.123 e. The van der Waals surface area contributed by atoms with E-state index < -0.39 is 6.10 Å². The highest BCUT2D eigenvalue weighted by atomic mass is 19.1. The van der Waals surface area contributed by atoms with Crippen molar-refractivity contribution in [3.63, 3.8) is 0 Å². The van der Waals surface area contributed by atoms with Gasteiger partial charge in [-0.15, -0.1) is 0 Å². The second-order valence-electron chi connectivity index (χ2n) is 6.17. The van der Waals surface area contributed by atoms with Gasteiger partial charge in [-0.05, 0) is 55.8 Å². The zero-order valence-corrected chi connectivity index (χ0v) is 12.6. The summed E-state index contributed by atoms with van der Waals surface area (Å²) in [6.07, 6.45) is 1.24. The van der Waals surface area contributed by atoms with Crippen molar-refractivity contribution < 1.29 is 13.9 Å². The number of nitrogens with one attached hydrogen (secondary N) is 1. The van der Waals surface area contributed by atoms with Crippen LogP contribution in [0.5, 0.6) is 0 Å². The molecule has 0 saturated carbocycles. The van der Waals surface area contributed by atoms with E-state index in [2.05, 4.69) is 5.32 Å². The molecule has 0 unspecified atom stereocenters. The molecule has 3 aromatic rings. The Kier molecular flexibility index (Phi) is 3.54. The number of nitrogens with zero attached hydrogens (tertiary/aromatic N) is 1. The standard InChI is InChI=1S/C18H18F2N2O/c19-11-3-5-15-13(8-11)14-9-12(20)4-6-16(14)22(15)17-2-1-7-21-10-18(17)23/h3-6,8-9,17-18,21,23H,1-2,7,10H2/t17-,18-/m0/s1. The Labute approximate surface area is 132 Å². The Balaban J connectivity index is 2.03. The Morgan fingerprint density at radius 2 is 1.61 bits per heavy atom. The van der Waals surface area contributed by atoms with Gasteiger partial charge in [-0.25, -0.2) is 8.78 Å². The summed E-state index contributed by atoms with van der Waals surface area (Å²) in [7, 11) is 0. The minimum Gasteiger partial charge on any atom is -0.390 e. The van der Waals surface area contributed by atoms with Crippen LogP contribution in [0.1, 0.15) is 18.9 Å². The molecule has 23 heavy (non-hydrogen) atoms. The first-order valence-electron chi connectivity index (χ1n) is 7.92. The molecule has 2 heterocycles. The first-order valence-corrected chi connectivity index (χ1v) is 7.92. The number of fused-ring (bicyclic) bond motifs is 3. The van der Waals surface area contributed by atoms with Gasteiger partial charge in [-0.2, -0.15) is 0 Å². The van der Waals surface area contributed by atoms with Crippen LogP contribution in [-0.2, 0) is 0 Å². The van der Waals surface area contributed by atoms with Crippen LogP contribution in [0.25, 0.3) is 21.8 Å². The molecule has 0 spiro atoms. The van der Waals surface area contributed by atoms with E-state index in [1.807, 2.05) is 4.57 Å². The number of β-amino-alcohol motifs (C(OH)–C–C–N with tert-alkyl or cyclic N) is 1. The number of aliphatic hydroxyl groups excluding tert-OH is 1. The lowest BCUT2D eigenvalue weighted by Gasteiger charge is -2.24. The topological polar surface area (TPSA) is 37.2 Å². The largest absolute Gasteiger partial charge is 0.390 e. The van der Waals surface area contributed by atoms with Crippen molar-refractivity contribution >= 4 is 21.8 Å². The van der Waals surface area contributed by atoms with Crippen LogP contribution >= 0.6 is 0 Å². The highest BCUT2D eigenvalue weighted by molar-refractivity contribution is 6.08. The molecule has 4 rings (SSSR count). The SMILES string of the molecule is O[C@H]1CNCCC[C@@H]1n1c2ccc(F)cc2c2cc(F)ccc21. The van der Waals surface area contributed by atoms with E-state index in [1.165, 1.54) is 24.3 Å². The van der Waals surface area contributed by atoms with Crippen molar-refractivity contribution in [3.05, 3.63) is 48.0 Å². The first kappa shape index (κ1) is 14.6. The number of aromatic nitrogens is 1. The van der Waals surface area contributed by atoms with Crippen LogP contribution in [0.15, 0.2) is 36.4 Å². The summed E-state index contributed by atoms with van der Waals surface area (Å²) < 4.78 is 29.4. The van der Waals surface area contributed by atoms with Crippen molar-refractivity contribution in [3.8, 4) is 0 Å². The van der Waals surface area contributed by atoms with Gasteiger partial charge in [0.15, 0.2) is 0 Å². The van der Waals surface area contributed by atoms with Crippen LogP contribution in [0.2, 0.25) is 0 Å². The Morgan fingerprint density at radius 3 is 2.22 bits per heavy atom. The molecule has 0 aliphatic carbocycles. The van der Waals surface area contributed by atoms with E-state index in [-0.39, 0.29) is 17.7 Å². The van der Waals surface area contributed by atoms with E-state index in [0.717, 1.165) is 30.4 Å². The van der Waals surface area contributed by atoms with E-state index in [4.69, 9.17) is 0 Å². The molecule has 1 saturated heterocycles. The van der Waals surface area contributed by atoms with Gasteiger partial charge in [-0.3, -0.25) is 0 Å². The molecule has 120 valence electrons. The second-order valence-corrected chi connectivity index (χ2v) is 6.17. The van der Waals surface area contributed by atoms with Gasteiger partial charge in [0.2, 0.25) is 0 Å². The van der Waals surface area contributed by atoms with Crippen molar-refractivity contribution in [2.75, 3.05) is 13.1 Å². The highest BCUT2D eigenvalue weighted by Crippen LogP contribution is 2.35. The lowest BCUT2D eigenvalue weighted by molar-refractivity contribution is 0.119. The normalized spacial score (nSPS) is 22.6. The molecule has 2 N–H and O–H groups in total. The third-order valence-electron chi connectivity index (χ3n) is 4.71. The number of rotatable bonds is 1. The smallest absolute Gasteiger partial charge is 0.123 e. The van der Waals surface area contributed by atoms with Gasteiger partial charge in [0.25, 0.3) is 0 Å². The van der Waals surface area contributed by atoms with Gasteiger partial charge in [0, 0.05) is 28.4 Å². The fourth-order valence-corrected chi connectivity index (χ4v) is 3.67. The number of hydrogen-bond donors (Lipinski definition) is 2. The van der Waals surface area contributed by atoms with Crippen molar-refractivity contribution in [1.82, 2.24) is 9.88 Å². The first-order chi connectivity index (χ1) is 11.1. The third-order valence-corrected chi connectivity index (χ3v) is 4.71. The highest BCUT2D eigenvalue weighted by Gasteiger charge is 2.26. The monoisotopic (exact) mass is 316 g/mol. The second kappa shape index (κ2) is 5.58. The molecule has 3 nitrogen and oxygen atoms in total. The van der Waals surface area contributed by atoms with Crippen molar-refractivity contribution in [2.45, 2.75) is 25.0 Å². The molecule has 1 aromatic heterocycles. The summed E-state index contributed by atoms with van der Waals surface area (Å²) >= 11 is 0. The van der Waals surface area contributed by atoms with E-state index >= 15 is 0 Å². The Bertz CT molecular complexity index is 815.